The molecule has 0 aliphatic rings. The molecule has 0 fully saturated rings. The number of hydrogen-bond acceptors (Lipinski definition) is 4. The molecule has 2 aromatic heterocycles. The molecule has 0 radical (unpaired) electrons. The van der Waals surface area contributed by atoms with E-state index in [1.165, 1.54) is 6.20 Å². The summed E-state index contributed by atoms with van der Waals surface area (Å²) >= 11 is 6.67. The fourth-order valence-corrected chi connectivity index (χ4v) is 3.48. The molecule has 0 N–H and O–H groups in total. The van der Waals surface area contributed by atoms with Gasteiger partial charge in [-0.3, -0.25) is 9.78 Å². The number of carbonyl (C=O) groups is 2. The third kappa shape index (κ3) is 4.36. The van der Waals surface area contributed by atoms with Gasteiger partial charge in [-0.25, -0.2) is 4.79 Å². The number of halogens is 2. The molecule has 0 saturated heterocycles. The molecule has 0 unspecified atom stereocenters. The molecule has 0 atom stereocenters. The molecule has 5 nitrogen and oxygen atoms in total. The first-order valence-corrected chi connectivity index (χ1v) is 9.71. The van der Waals surface area contributed by atoms with Crippen LogP contribution < -0.4 is 0 Å². The Bertz CT molecular complexity index is 1010. The third-order valence-corrected chi connectivity index (χ3v) is 5.05. The lowest BCUT2D eigenvalue weighted by molar-refractivity contribution is 0.0474. The van der Waals surface area contributed by atoms with Crippen molar-refractivity contribution in [2.24, 2.45) is 0 Å². The van der Waals surface area contributed by atoms with Gasteiger partial charge in [0.2, 0.25) is 5.78 Å². The van der Waals surface area contributed by atoms with Crippen molar-refractivity contribution < 1.29 is 14.3 Å². The van der Waals surface area contributed by atoms with E-state index in [4.69, 9.17) is 4.74 Å². The molecule has 0 spiro atoms. The maximum Gasteiger partial charge on any atom is 0.340 e. The highest BCUT2D eigenvalue weighted by molar-refractivity contribution is 9.10. The molecule has 0 aliphatic heterocycles. The Labute approximate surface area is 173 Å². The third-order valence-electron chi connectivity index (χ3n) is 4.09. The average molecular weight is 492 g/mol. The molecule has 0 amide bonds. The minimum Gasteiger partial charge on any atom is -0.454 e. The zero-order valence-electron chi connectivity index (χ0n) is 14.7. The summed E-state index contributed by atoms with van der Waals surface area (Å²) < 4.78 is 8.81. The Morgan fingerprint density at radius 3 is 2.41 bits per heavy atom. The highest BCUT2D eigenvalue weighted by Gasteiger charge is 2.19. The Balaban J connectivity index is 1.76. The summed E-state index contributed by atoms with van der Waals surface area (Å²) in [7, 11) is 0. The average Bonchev–Trinajstić information content (AvgIpc) is 2.94. The lowest BCUT2D eigenvalue weighted by Gasteiger charge is -2.10. The van der Waals surface area contributed by atoms with E-state index in [2.05, 4.69) is 36.8 Å². The summed E-state index contributed by atoms with van der Waals surface area (Å²) in [5, 5.41) is 0. The van der Waals surface area contributed by atoms with Crippen LogP contribution in [-0.2, 0) is 4.74 Å². The number of esters is 1. The standard InChI is InChI=1S/C20H16Br2N2O3/c1-12-7-18(13(2)24(12)17-5-3-15(21)4-6-17)19(25)11-27-20(26)14-8-16(22)10-23-9-14/h3-10H,11H2,1-2H3. The zero-order valence-corrected chi connectivity index (χ0v) is 17.9. The maximum absolute atomic E-state index is 12.6. The van der Waals surface area contributed by atoms with E-state index >= 15 is 0 Å². The molecule has 138 valence electrons. The van der Waals surface area contributed by atoms with Crippen LogP contribution in [0.1, 0.15) is 32.1 Å². The van der Waals surface area contributed by atoms with E-state index in [1.54, 1.807) is 12.3 Å². The first-order chi connectivity index (χ1) is 12.9. The van der Waals surface area contributed by atoms with Crippen LogP contribution in [0.2, 0.25) is 0 Å². The van der Waals surface area contributed by atoms with Gasteiger partial charge >= 0.3 is 5.97 Å². The number of Topliss-reactive ketones (excluding diaryl/α,β-unsaturated/α-hetero) is 1. The second kappa shape index (κ2) is 8.19. The number of ether oxygens (including phenoxy) is 1. The number of aryl methyl sites for hydroxylation is 1. The van der Waals surface area contributed by atoms with Gasteiger partial charge in [0.15, 0.2) is 6.61 Å². The molecule has 27 heavy (non-hydrogen) atoms. The highest BCUT2D eigenvalue weighted by Crippen LogP contribution is 2.23. The van der Waals surface area contributed by atoms with Crippen molar-refractivity contribution in [2.45, 2.75) is 13.8 Å². The van der Waals surface area contributed by atoms with E-state index in [-0.39, 0.29) is 18.0 Å². The minimum absolute atomic E-state index is 0.247. The highest BCUT2D eigenvalue weighted by atomic mass is 79.9. The van der Waals surface area contributed by atoms with Crippen molar-refractivity contribution in [1.82, 2.24) is 9.55 Å². The van der Waals surface area contributed by atoms with Crippen LogP contribution in [0, 0.1) is 13.8 Å². The van der Waals surface area contributed by atoms with Gasteiger partial charge in [-0.05, 0) is 66.2 Å². The van der Waals surface area contributed by atoms with Gasteiger partial charge in [0, 0.05) is 44.0 Å². The van der Waals surface area contributed by atoms with Crippen molar-refractivity contribution in [3.8, 4) is 5.69 Å². The molecule has 7 heteroatoms. The molecule has 3 rings (SSSR count). The van der Waals surface area contributed by atoms with Crippen LogP contribution in [0.15, 0.2) is 57.7 Å². The fraction of sp³-hybridized carbons (Fsp3) is 0.150. The fourth-order valence-electron chi connectivity index (χ4n) is 2.85. The Morgan fingerprint density at radius 1 is 1.04 bits per heavy atom. The quantitative estimate of drug-likeness (QED) is 0.370. The molecular formula is C20H16Br2N2O3. The van der Waals surface area contributed by atoms with Crippen LogP contribution in [0.4, 0.5) is 0 Å². The zero-order chi connectivity index (χ0) is 19.6. The van der Waals surface area contributed by atoms with Crippen LogP contribution in [0.3, 0.4) is 0 Å². The molecular weight excluding hydrogens is 476 g/mol. The van der Waals surface area contributed by atoms with Gasteiger partial charge in [0.25, 0.3) is 0 Å². The van der Waals surface area contributed by atoms with Crippen LogP contribution in [0.25, 0.3) is 5.69 Å². The van der Waals surface area contributed by atoms with Gasteiger partial charge in [-0.1, -0.05) is 15.9 Å². The van der Waals surface area contributed by atoms with Crippen molar-refractivity contribution in [1.29, 1.82) is 0 Å². The SMILES string of the molecule is Cc1cc(C(=O)COC(=O)c2cncc(Br)c2)c(C)n1-c1ccc(Br)cc1. The van der Waals surface area contributed by atoms with E-state index in [0.29, 0.717) is 10.0 Å². The minimum atomic E-state index is -0.584. The number of carbonyl (C=O) groups excluding carboxylic acids is 2. The molecule has 3 aromatic rings. The molecule has 2 heterocycles. The largest absolute Gasteiger partial charge is 0.454 e. The predicted octanol–water partition coefficient (Wildman–Crippen LogP) is 5.05. The number of pyridine rings is 1. The van der Waals surface area contributed by atoms with Crippen LogP contribution in [0.5, 0.6) is 0 Å². The van der Waals surface area contributed by atoms with Gasteiger partial charge in [-0.2, -0.15) is 0 Å². The number of aromatic nitrogens is 2. The lowest BCUT2D eigenvalue weighted by atomic mass is 10.1. The Hall–Kier alpha value is -2.25. The van der Waals surface area contributed by atoms with Crippen LogP contribution >= 0.6 is 31.9 Å². The normalized spacial score (nSPS) is 10.7. The smallest absolute Gasteiger partial charge is 0.340 e. The summed E-state index contributed by atoms with van der Waals surface area (Å²) in [5.41, 5.74) is 3.53. The lowest BCUT2D eigenvalue weighted by Crippen LogP contribution is -2.15. The van der Waals surface area contributed by atoms with Gasteiger partial charge in [0.1, 0.15) is 0 Å². The van der Waals surface area contributed by atoms with Gasteiger partial charge < -0.3 is 9.30 Å². The summed E-state index contributed by atoms with van der Waals surface area (Å²) in [5.74, 6) is -0.832. The second-order valence-electron chi connectivity index (χ2n) is 5.99. The van der Waals surface area contributed by atoms with E-state index in [1.807, 2.05) is 48.7 Å². The summed E-state index contributed by atoms with van der Waals surface area (Å²) in [4.78, 5) is 28.6. The number of ketones is 1. The number of rotatable bonds is 5. The summed E-state index contributed by atoms with van der Waals surface area (Å²) in [6.45, 7) is 3.49. The van der Waals surface area contributed by atoms with Gasteiger partial charge in [0.05, 0.1) is 5.56 Å². The first-order valence-electron chi connectivity index (χ1n) is 8.12. The van der Waals surface area contributed by atoms with Crippen molar-refractivity contribution in [2.75, 3.05) is 6.61 Å². The molecule has 1 aromatic carbocycles. The maximum atomic E-state index is 12.6. The molecule has 0 saturated carbocycles. The second-order valence-corrected chi connectivity index (χ2v) is 7.82. The summed E-state index contributed by atoms with van der Waals surface area (Å²) in [6.07, 6.45) is 2.97. The number of nitrogens with zero attached hydrogens (tertiary/aromatic N) is 2. The van der Waals surface area contributed by atoms with Gasteiger partial charge in [-0.15, -0.1) is 0 Å². The molecule has 0 aliphatic carbocycles. The topological polar surface area (TPSA) is 61.2 Å². The number of benzene rings is 1. The summed E-state index contributed by atoms with van der Waals surface area (Å²) in [6, 6.07) is 11.2. The van der Waals surface area contributed by atoms with Crippen molar-refractivity contribution in [3.05, 3.63) is 80.3 Å². The van der Waals surface area contributed by atoms with Crippen LogP contribution in [-0.4, -0.2) is 27.9 Å². The first kappa shape index (κ1) is 19.5. The Morgan fingerprint density at radius 2 is 1.74 bits per heavy atom. The van der Waals surface area contributed by atoms with Crippen molar-refractivity contribution in [3.63, 3.8) is 0 Å². The monoisotopic (exact) mass is 490 g/mol. The Kier molecular flexibility index (Phi) is 5.92. The van der Waals surface area contributed by atoms with E-state index in [9.17, 15) is 9.59 Å². The number of hydrogen-bond donors (Lipinski definition) is 0. The van der Waals surface area contributed by atoms with Crippen molar-refractivity contribution >= 4 is 43.6 Å². The van der Waals surface area contributed by atoms with E-state index < -0.39 is 5.97 Å². The predicted molar refractivity (Wildman–Crippen MR) is 109 cm³/mol. The molecule has 0 bridgehead atoms. The van der Waals surface area contributed by atoms with E-state index in [0.717, 1.165) is 21.5 Å².